The molecule has 5 rings (SSSR count). The molecule has 3 heterocycles. The summed E-state index contributed by atoms with van der Waals surface area (Å²) in [6, 6.07) is 3.41. The number of halogens is 3. The minimum absolute atomic E-state index is 0.00359. The van der Waals surface area contributed by atoms with E-state index >= 15 is 0 Å². The van der Waals surface area contributed by atoms with E-state index < -0.39 is 17.5 Å². The third kappa shape index (κ3) is 4.33. The van der Waals surface area contributed by atoms with Crippen molar-refractivity contribution in [1.82, 2.24) is 30.5 Å². The van der Waals surface area contributed by atoms with Gasteiger partial charge in [-0.15, -0.1) is 0 Å². The van der Waals surface area contributed by atoms with Crippen LogP contribution in [-0.2, 0) is 0 Å². The van der Waals surface area contributed by atoms with Gasteiger partial charge in [-0.05, 0) is 44.7 Å². The summed E-state index contributed by atoms with van der Waals surface area (Å²) in [6.07, 6.45) is 5.49. The first-order valence-electron chi connectivity index (χ1n) is 11.0. The number of aromatic nitrogens is 5. The number of rotatable bonds is 5. The van der Waals surface area contributed by atoms with E-state index in [1.165, 1.54) is 12.3 Å². The predicted octanol–water partition coefficient (Wildman–Crippen LogP) is 4.23. The summed E-state index contributed by atoms with van der Waals surface area (Å²) in [4.78, 5) is 23.5. The van der Waals surface area contributed by atoms with Gasteiger partial charge in [0, 0.05) is 41.0 Å². The van der Waals surface area contributed by atoms with Crippen LogP contribution in [0, 0.1) is 24.4 Å². The SMILES string of the molecule is Cc1cc(C(=O)N[C@@H]2CCC[C@H](Nc3nc(-c4c[nH]c5c(F)cc(F)cc45)ncc3F)C2)n[nH]1. The zero-order valence-corrected chi connectivity index (χ0v) is 18.3. The lowest BCUT2D eigenvalue weighted by molar-refractivity contribution is 0.0921. The molecule has 1 aliphatic rings. The highest BCUT2D eigenvalue weighted by Gasteiger charge is 2.26. The molecule has 11 heteroatoms. The number of hydrogen-bond acceptors (Lipinski definition) is 5. The second kappa shape index (κ2) is 8.81. The maximum absolute atomic E-state index is 14.5. The zero-order valence-electron chi connectivity index (χ0n) is 18.3. The molecule has 0 bridgehead atoms. The summed E-state index contributed by atoms with van der Waals surface area (Å²) in [6.45, 7) is 1.82. The van der Waals surface area contributed by atoms with Crippen molar-refractivity contribution >= 4 is 22.6 Å². The van der Waals surface area contributed by atoms with Crippen LogP contribution in [0.4, 0.5) is 19.0 Å². The molecule has 4 N–H and O–H groups in total. The first kappa shape index (κ1) is 21.9. The number of nitrogens with zero attached hydrogens (tertiary/aromatic N) is 3. The molecule has 4 aromatic rings. The third-order valence-electron chi connectivity index (χ3n) is 5.98. The number of aromatic amines is 2. The molecular formula is C23H22F3N7O. The Morgan fingerprint density at radius 3 is 2.74 bits per heavy atom. The van der Waals surface area contributed by atoms with Gasteiger partial charge in [-0.3, -0.25) is 9.89 Å². The van der Waals surface area contributed by atoms with Gasteiger partial charge in [-0.2, -0.15) is 5.10 Å². The van der Waals surface area contributed by atoms with Gasteiger partial charge >= 0.3 is 0 Å². The van der Waals surface area contributed by atoms with Crippen LogP contribution in [0.25, 0.3) is 22.3 Å². The van der Waals surface area contributed by atoms with Crippen LogP contribution in [0.2, 0.25) is 0 Å². The number of hydrogen-bond donors (Lipinski definition) is 4. The molecule has 1 aliphatic carbocycles. The fraction of sp³-hybridized carbons (Fsp3) is 0.304. The number of fused-ring (bicyclic) bond motifs is 1. The monoisotopic (exact) mass is 469 g/mol. The topological polar surface area (TPSA) is 111 Å². The van der Waals surface area contributed by atoms with Gasteiger partial charge in [0.1, 0.15) is 17.3 Å². The molecule has 0 saturated heterocycles. The highest BCUT2D eigenvalue weighted by atomic mass is 19.1. The van der Waals surface area contributed by atoms with Crippen molar-refractivity contribution in [3.63, 3.8) is 0 Å². The second-order valence-corrected chi connectivity index (χ2v) is 8.52. The van der Waals surface area contributed by atoms with Gasteiger partial charge in [0.15, 0.2) is 17.5 Å². The Bertz CT molecular complexity index is 1370. The highest BCUT2D eigenvalue weighted by Crippen LogP contribution is 2.30. The summed E-state index contributed by atoms with van der Waals surface area (Å²) >= 11 is 0. The van der Waals surface area contributed by atoms with Gasteiger partial charge in [0.2, 0.25) is 0 Å². The van der Waals surface area contributed by atoms with E-state index in [-0.39, 0.29) is 40.5 Å². The van der Waals surface area contributed by atoms with E-state index in [1.807, 2.05) is 6.92 Å². The lowest BCUT2D eigenvalue weighted by atomic mass is 9.91. The molecule has 1 saturated carbocycles. The second-order valence-electron chi connectivity index (χ2n) is 8.52. The van der Waals surface area contributed by atoms with Gasteiger partial charge in [0.25, 0.3) is 5.91 Å². The normalized spacial score (nSPS) is 18.2. The fourth-order valence-electron chi connectivity index (χ4n) is 4.38. The summed E-state index contributed by atoms with van der Waals surface area (Å²) in [5.41, 5.74) is 1.60. The minimum atomic E-state index is -0.734. The van der Waals surface area contributed by atoms with Crippen LogP contribution in [0.1, 0.15) is 41.9 Å². The van der Waals surface area contributed by atoms with E-state index in [4.69, 9.17) is 0 Å². The van der Waals surface area contributed by atoms with Crippen LogP contribution < -0.4 is 10.6 Å². The summed E-state index contributed by atoms with van der Waals surface area (Å²) in [5.74, 6) is -2.23. The number of nitrogens with one attached hydrogen (secondary N) is 4. The van der Waals surface area contributed by atoms with E-state index in [0.717, 1.165) is 37.2 Å². The van der Waals surface area contributed by atoms with Crippen LogP contribution in [0.5, 0.6) is 0 Å². The molecule has 1 aromatic carbocycles. The maximum atomic E-state index is 14.5. The molecule has 1 fully saturated rings. The summed E-state index contributed by atoms with van der Waals surface area (Å²) in [7, 11) is 0. The third-order valence-corrected chi connectivity index (χ3v) is 5.98. The Kier molecular flexibility index (Phi) is 5.68. The Hall–Kier alpha value is -3.89. The Morgan fingerprint density at radius 2 is 1.94 bits per heavy atom. The molecule has 176 valence electrons. The molecule has 1 amide bonds. The average Bonchev–Trinajstić information content (AvgIpc) is 3.42. The Labute approximate surface area is 192 Å². The molecular weight excluding hydrogens is 447 g/mol. The van der Waals surface area contributed by atoms with Crippen molar-refractivity contribution < 1.29 is 18.0 Å². The van der Waals surface area contributed by atoms with Crippen LogP contribution in [0.15, 0.2) is 30.6 Å². The number of carbonyl (C=O) groups is 1. The predicted molar refractivity (Wildman–Crippen MR) is 120 cm³/mol. The first-order chi connectivity index (χ1) is 16.4. The van der Waals surface area contributed by atoms with Crippen LogP contribution in [0.3, 0.4) is 0 Å². The van der Waals surface area contributed by atoms with E-state index in [2.05, 4.69) is 35.8 Å². The molecule has 0 radical (unpaired) electrons. The van der Waals surface area contributed by atoms with Gasteiger partial charge in [0.05, 0.1) is 11.7 Å². The Morgan fingerprint density at radius 1 is 1.12 bits per heavy atom. The molecule has 3 aromatic heterocycles. The Balaban J connectivity index is 1.33. The lowest BCUT2D eigenvalue weighted by Crippen LogP contribution is -2.42. The largest absolute Gasteiger partial charge is 0.365 e. The lowest BCUT2D eigenvalue weighted by Gasteiger charge is -2.30. The van der Waals surface area contributed by atoms with Crippen LogP contribution in [-0.4, -0.2) is 43.1 Å². The maximum Gasteiger partial charge on any atom is 0.271 e. The van der Waals surface area contributed by atoms with Crippen LogP contribution >= 0.6 is 0 Å². The standard InChI is InChI=1S/C23H22F3N7O/c1-11-5-19(33-32-11)23(34)30-14-4-2-3-13(8-14)29-22-18(26)10-28-21(31-22)16-9-27-20-15(16)6-12(24)7-17(20)25/h5-7,9-10,13-14,27H,2-4,8H2,1H3,(H,30,34)(H,32,33)(H,28,29,31)/t13-,14+/m0/s1. The highest BCUT2D eigenvalue weighted by molar-refractivity contribution is 5.94. The van der Waals surface area contributed by atoms with Gasteiger partial charge in [-0.25, -0.2) is 23.1 Å². The molecule has 0 unspecified atom stereocenters. The number of aryl methyl sites for hydroxylation is 1. The number of anilines is 1. The molecule has 0 aliphatic heterocycles. The van der Waals surface area contributed by atoms with Crippen molar-refractivity contribution in [2.45, 2.75) is 44.7 Å². The van der Waals surface area contributed by atoms with Crippen molar-refractivity contribution in [2.24, 2.45) is 0 Å². The first-order valence-corrected chi connectivity index (χ1v) is 11.0. The molecule has 0 spiro atoms. The summed E-state index contributed by atoms with van der Waals surface area (Å²) in [5, 5.41) is 13.1. The van der Waals surface area contributed by atoms with Crippen molar-refractivity contribution in [2.75, 3.05) is 5.32 Å². The number of H-pyrrole nitrogens is 2. The quantitative estimate of drug-likeness (QED) is 0.350. The van der Waals surface area contributed by atoms with E-state index in [1.54, 1.807) is 6.07 Å². The van der Waals surface area contributed by atoms with Crippen molar-refractivity contribution in [3.05, 3.63) is 59.4 Å². The van der Waals surface area contributed by atoms with Crippen molar-refractivity contribution in [1.29, 1.82) is 0 Å². The van der Waals surface area contributed by atoms with E-state index in [9.17, 15) is 18.0 Å². The molecule has 8 nitrogen and oxygen atoms in total. The molecule has 34 heavy (non-hydrogen) atoms. The zero-order chi connectivity index (χ0) is 23.8. The smallest absolute Gasteiger partial charge is 0.271 e. The molecule has 2 atom stereocenters. The summed E-state index contributed by atoms with van der Waals surface area (Å²) < 4.78 is 42.3. The minimum Gasteiger partial charge on any atom is -0.365 e. The van der Waals surface area contributed by atoms with Gasteiger partial charge in [-0.1, -0.05) is 0 Å². The number of amides is 1. The van der Waals surface area contributed by atoms with Gasteiger partial charge < -0.3 is 15.6 Å². The average molecular weight is 469 g/mol. The number of carbonyl (C=O) groups excluding carboxylic acids is 1. The fourth-order valence-corrected chi connectivity index (χ4v) is 4.38. The number of benzene rings is 1. The van der Waals surface area contributed by atoms with Crippen molar-refractivity contribution in [3.8, 4) is 11.4 Å². The van der Waals surface area contributed by atoms with E-state index in [0.29, 0.717) is 17.7 Å².